The summed E-state index contributed by atoms with van der Waals surface area (Å²) in [6, 6.07) is 3.72. The first-order valence-electron chi connectivity index (χ1n) is 10.3. The van der Waals surface area contributed by atoms with Crippen molar-refractivity contribution in [2.75, 3.05) is 20.2 Å². The molecule has 1 aromatic carbocycles. The molecule has 1 saturated heterocycles. The summed E-state index contributed by atoms with van der Waals surface area (Å²) < 4.78 is 18.1. The molecule has 0 bridgehead atoms. The van der Waals surface area contributed by atoms with E-state index in [0.29, 0.717) is 24.4 Å². The molecule has 2 heterocycles. The maximum Gasteiger partial charge on any atom is 0.410 e. The topological polar surface area (TPSA) is 82.9 Å². The summed E-state index contributed by atoms with van der Waals surface area (Å²) in [6.45, 7) is 10.6. The van der Waals surface area contributed by atoms with Crippen LogP contribution < -0.4 is 4.74 Å². The molecule has 8 nitrogen and oxygen atoms in total. The van der Waals surface area contributed by atoms with Crippen LogP contribution in [-0.4, -0.2) is 58.6 Å². The molecule has 8 heteroatoms. The quantitative estimate of drug-likeness (QED) is 0.694. The van der Waals surface area contributed by atoms with Gasteiger partial charge in [-0.1, -0.05) is 0 Å². The fourth-order valence-corrected chi connectivity index (χ4v) is 3.52. The van der Waals surface area contributed by atoms with Crippen LogP contribution in [0.15, 0.2) is 18.3 Å². The van der Waals surface area contributed by atoms with Crippen molar-refractivity contribution in [3.05, 3.63) is 23.9 Å². The van der Waals surface area contributed by atoms with Crippen LogP contribution in [0.5, 0.6) is 5.75 Å². The van der Waals surface area contributed by atoms with Crippen LogP contribution in [0.3, 0.4) is 0 Å². The Kier molecular flexibility index (Phi) is 6.24. The minimum atomic E-state index is -0.499. The highest BCUT2D eigenvalue weighted by molar-refractivity contribution is 5.97. The van der Waals surface area contributed by atoms with E-state index in [2.05, 4.69) is 0 Å². The molecule has 0 spiro atoms. The number of carbonyl (C=O) groups excluding carboxylic acids is 2. The van der Waals surface area contributed by atoms with Crippen molar-refractivity contribution in [3.63, 3.8) is 0 Å². The number of aromatic nitrogens is 2. The Morgan fingerprint density at radius 2 is 1.83 bits per heavy atom. The number of fused-ring (bicyclic) bond motifs is 1. The summed E-state index contributed by atoms with van der Waals surface area (Å²) >= 11 is 0. The van der Waals surface area contributed by atoms with Gasteiger partial charge in [0.1, 0.15) is 16.9 Å². The Hall–Kier alpha value is -2.77. The van der Waals surface area contributed by atoms with E-state index in [9.17, 15) is 9.59 Å². The third kappa shape index (κ3) is 5.04. The van der Waals surface area contributed by atoms with Gasteiger partial charge in [0.25, 0.3) is 0 Å². The number of hydrogen-bond acceptors (Lipinski definition) is 6. The van der Waals surface area contributed by atoms with Crippen LogP contribution in [0.2, 0.25) is 0 Å². The van der Waals surface area contributed by atoms with E-state index in [1.165, 1.54) is 7.11 Å². The highest BCUT2D eigenvalue weighted by atomic mass is 16.6. The number of nitrogens with zero attached hydrogens (tertiary/aromatic N) is 3. The Balaban J connectivity index is 1.78. The van der Waals surface area contributed by atoms with E-state index < -0.39 is 11.6 Å². The molecule has 1 aliphatic heterocycles. The highest BCUT2D eigenvalue weighted by Gasteiger charge is 2.28. The van der Waals surface area contributed by atoms with Crippen LogP contribution in [0.1, 0.15) is 63.9 Å². The number of methoxy groups -OCH3 is 1. The van der Waals surface area contributed by atoms with E-state index in [-0.39, 0.29) is 18.2 Å². The number of likely N-dealkylation sites (tertiary alicyclic amines) is 1. The third-order valence-corrected chi connectivity index (χ3v) is 4.88. The molecular formula is C22H31N3O5. The van der Waals surface area contributed by atoms with Gasteiger partial charge in [0.15, 0.2) is 0 Å². The summed E-state index contributed by atoms with van der Waals surface area (Å²) in [5.41, 5.74) is 0.645. The van der Waals surface area contributed by atoms with Gasteiger partial charge in [-0.3, -0.25) is 4.68 Å². The van der Waals surface area contributed by atoms with Crippen LogP contribution in [0.4, 0.5) is 4.79 Å². The number of ether oxygens (including phenoxy) is 3. The van der Waals surface area contributed by atoms with Gasteiger partial charge in [-0.2, -0.15) is 5.10 Å². The molecular weight excluding hydrogens is 386 g/mol. The van der Waals surface area contributed by atoms with Gasteiger partial charge in [-0.25, -0.2) is 9.59 Å². The van der Waals surface area contributed by atoms with Crippen LogP contribution in [0.25, 0.3) is 10.9 Å². The van der Waals surface area contributed by atoms with E-state index in [0.717, 1.165) is 23.7 Å². The number of carbonyl (C=O) groups is 2. The van der Waals surface area contributed by atoms with Gasteiger partial charge >= 0.3 is 12.1 Å². The third-order valence-electron chi connectivity index (χ3n) is 4.88. The van der Waals surface area contributed by atoms with Crippen molar-refractivity contribution in [2.24, 2.45) is 0 Å². The molecule has 164 valence electrons. The summed E-state index contributed by atoms with van der Waals surface area (Å²) in [5, 5.41) is 5.56. The average Bonchev–Trinajstić information content (AvgIpc) is 3.08. The zero-order valence-electron chi connectivity index (χ0n) is 18.6. The number of hydrogen-bond donors (Lipinski definition) is 0. The molecule has 0 atom stereocenters. The first kappa shape index (κ1) is 21.9. The van der Waals surface area contributed by atoms with E-state index >= 15 is 0 Å². The molecule has 1 amide bonds. The lowest BCUT2D eigenvalue weighted by molar-refractivity contribution is 0.0184. The lowest BCUT2D eigenvalue weighted by atomic mass is 10.1. The van der Waals surface area contributed by atoms with Gasteiger partial charge in [0.05, 0.1) is 24.8 Å². The fourth-order valence-electron chi connectivity index (χ4n) is 3.52. The zero-order chi connectivity index (χ0) is 22.1. The Morgan fingerprint density at radius 3 is 2.40 bits per heavy atom. The normalized spacial score (nSPS) is 15.5. The molecule has 3 rings (SSSR count). The van der Waals surface area contributed by atoms with Crippen LogP contribution in [-0.2, 0) is 9.47 Å². The Labute approximate surface area is 177 Å². The summed E-state index contributed by atoms with van der Waals surface area (Å²) in [4.78, 5) is 26.2. The fraction of sp³-hybridized carbons (Fsp3) is 0.591. The maximum absolute atomic E-state index is 12.3. The Bertz CT molecular complexity index is 921. The molecule has 30 heavy (non-hydrogen) atoms. The smallest absolute Gasteiger partial charge is 0.410 e. The molecule has 1 aliphatic rings. The van der Waals surface area contributed by atoms with Gasteiger partial charge in [-0.15, -0.1) is 0 Å². The second-order valence-electron chi connectivity index (χ2n) is 8.87. The maximum atomic E-state index is 12.3. The summed E-state index contributed by atoms with van der Waals surface area (Å²) in [7, 11) is 1.35. The highest BCUT2D eigenvalue weighted by Crippen LogP contribution is 2.30. The molecule has 0 aliphatic carbocycles. The van der Waals surface area contributed by atoms with Gasteiger partial charge in [0.2, 0.25) is 0 Å². The minimum Gasteiger partial charge on any atom is -0.490 e. The van der Waals surface area contributed by atoms with E-state index in [1.807, 2.05) is 45.5 Å². The second-order valence-corrected chi connectivity index (χ2v) is 8.87. The molecule has 0 N–H and O–H groups in total. The zero-order valence-corrected chi connectivity index (χ0v) is 18.6. The van der Waals surface area contributed by atoms with Crippen LogP contribution in [0, 0.1) is 0 Å². The Morgan fingerprint density at radius 1 is 1.17 bits per heavy atom. The first-order chi connectivity index (χ1) is 14.1. The lowest BCUT2D eigenvalue weighted by Crippen LogP contribution is -2.42. The SMILES string of the molecule is COC(=O)c1cc2cn(C3CCN(C(=O)OC(C)(C)C)CC3)nc2cc1OC(C)C. The van der Waals surface area contributed by atoms with Crippen molar-refractivity contribution in [2.45, 2.75) is 65.2 Å². The monoisotopic (exact) mass is 417 g/mol. The average molecular weight is 418 g/mol. The predicted octanol–water partition coefficient (Wildman–Crippen LogP) is 4.18. The first-order valence-corrected chi connectivity index (χ1v) is 10.3. The number of piperidine rings is 1. The number of rotatable bonds is 4. The van der Waals surface area contributed by atoms with Gasteiger partial charge < -0.3 is 19.1 Å². The standard InChI is InChI=1S/C22H31N3O5/c1-14(2)29-19-12-18-15(11-17(19)20(26)28-6)13-25(23-18)16-7-9-24(10-8-16)21(27)30-22(3,4)5/h11-14,16H,7-10H2,1-6H3. The molecule has 0 radical (unpaired) electrons. The molecule has 1 fully saturated rings. The molecule has 0 unspecified atom stereocenters. The minimum absolute atomic E-state index is 0.0786. The summed E-state index contributed by atoms with van der Waals surface area (Å²) in [5.74, 6) is 0.0281. The predicted molar refractivity (Wildman–Crippen MR) is 113 cm³/mol. The van der Waals surface area contributed by atoms with E-state index in [1.54, 1.807) is 17.0 Å². The van der Waals surface area contributed by atoms with Crippen molar-refractivity contribution in [1.29, 1.82) is 0 Å². The lowest BCUT2D eigenvalue weighted by Gasteiger charge is -2.33. The second kappa shape index (κ2) is 8.53. The van der Waals surface area contributed by atoms with E-state index in [4.69, 9.17) is 19.3 Å². The molecule has 0 saturated carbocycles. The van der Waals surface area contributed by atoms with Crippen molar-refractivity contribution in [3.8, 4) is 5.75 Å². The number of esters is 1. The van der Waals surface area contributed by atoms with Gasteiger partial charge in [0, 0.05) is 30.7 Å². The van der Waals surface area contributed by atoms with Gasteiger partial charge in [-0.05, 0) is 53.5 Å². The van der Waals surface area contributed by atoms with Crippen molar-refractivity contribution >= 4 is 23.0 Å². The summed E-state index contributed by atoms with van der Waals surface area (Å²) in [6.07, 6.45) is 3.16. The molecule has 2 aromatic rings. The van der Waals surface area contributed by atoms with Crippen LogP contribution >= 0.6 is 0 Å². The molecule has 1 aromatic heterocycles. The number of benzene rings is 1. The largest absolute Gasteiger partial charge is 0.490 e. The van der Waals surface area contributed by atoms with Crippen molar-refractivity contribution < 1.29 is 23.8 Å². The number of amides is 1. The van der Waals surface area contributed by atoms with Crippen molar-refractivity contribution in [1.82, 2.24) is 14.7 Å².